The van der Waals surface area contributed by atoms with E-state index in [0.29, 0.717) is 11.7 Å². The molecule has 22 heavy (non-hydrogen) atoms. The highest BCUT2D eigenvalue weighted by atomic mass is 16.6. The molecule has 0 aromatic carbocycles. The first-order valence-electron chi connectivity index (χ1n) is 6.92. The molecule has 0 aliphatic carbocycles. The third kappa shape index (κ3) is 4.21. The SMILES string of the molecule is CC(C)(C)C(COC(N)=O)Oc1cccc(-n2cccn2)n1. The Bertz CT molecular complexity index is 620. The number of primary amides is 1. The van der Waals surface area contributed by atoms with E-state index in [9.17, 15) is 4.79 Å². The molecule has 2 aromatic rings. The van der Waals surface area contributed by atoms with Crippen LogP contribution in [-0.2, 0) is 4.74 Å². The van der Waals surface area contributed by atoms with Gasteiger partial charge in [-0.25, -0.2) is 9.48 Å². The first-order valence-corrected chi connectivity index (χ1v) is 6.92. The topological polar surface area (TPSA) is 92.3 Å². The lowest BCUT2D eigenvalue weighted by atomic mass is 9.89. The van der Waals surface area contributed by atoms with Gasteiger partial charge in [0.25, 0.3) is 0 Å². The Morgan fingerprint density at radius 3 is 2.73 bits per heavy atom. The Morgan fingerprint density at radius 1 is 1.36 bits per heavy atom. The standard InChI is InChI=1S/C15H20N4O3/c1-15(2,3)11(10-21-14(16)20)22-13-7-4-6-12(18-13)19-9-5-8-17-19/h4-9,11H,10H2,1-3H3,(H2,16,20). The molecule has 7 heteroatoms. The zero-order valence-electron chi connectivity index (χ0n) is 12.9. The lowest BCUT2D eigenvalue weighted by Gasteiger charge is -2.30. The maximum absolute atomic E-state index is 10.8. The van der Waals surface area contributed by atoms with E-state index in [1.165, 1.54) is 0 Å². The molecule has 0 saturated carbocycles. The first kappa shape index (κ1) is 15.8. The maximum atomic E-state index is 10.8. The van der Waals surface area contributed by atoms with Gasteiger partial charge in [-0.2, -0.15) is 10.1 Å². The highest BCUT2D eigenvalue weighted by Crippen LogP contribution is 2.24. The summed E-state index contributed by atoms with van der Waals surface area (Å²) in [5.74, 6) is 1.08. The van der Waals surface area contributed by atoms with Gasteiger partial charge in [-0.15, -0.1) is 0 Å². The molecule has 2 N–H and O–H groups in total. The number of nitrogens with zero attached hydrogens (tertiary/aromatic N) is 3. The largest absolute Gasteiger partial charge is 0.470 e. The van der Waals surface area contributed by atoms with Crippen molar-refractivity contribution in [1.29, 1.82) is 0 Å². The molecular weight excluding hydrogens is 284 g/mol. The molecule has 0 fully saturated rings. The molecule has 0 spiro atoms. The Kier molecular flexibility index (Phi) is 4.65. The molecule has 0 bridgehead atoms. The molecule has 7 nitrogen and oxygen atoms in total. The zero-order chi connectivity index (χ0) is 16.2. The fourth-order valence-corrected chi connectivity index (χ4v) is 1.77. The van der Waals surface area contributed by atoms with Gasteiger partial charge < -0.3 is 15.2 Å². The lowest BCUT2D eigenvalue weighted by Crippen LogP contribution is -2.38. The quantitative estimate of drug-likeness (QED) is 0.913. The van der Waals surface area contributed by atoms with E-state index in [1.54, 1.807) is 23.1 Å². The fourth-order valence-electron chi connectivity index (χ4n) is 1.77. The number of aromatic nitrogens is 3. The number of carbonyl (C=O) groups excluding carboxylic acids is 1. The van der Waals surface area contributed by atoms with Crippen LogP contribution in [0.25, 0.3) is 5.82 Å². The van der Waals surface area contributed by atoms with Crippen molar-refractivity contribution in [3.05, 3.63) is 36.7 Å². The number of ether oxygens (including phenoxy) is 2. The summed E-state index contributed by atoms with van der Waals surface area (Å²) >= 11 is 0. The second kappa shape index (κ2) is 6.46. The molecule has 118 valence electrons. The molecule has 1 amide bonds. The van der Waals surface area contributed by atoms with Crippen LogP contribution in [0.5, 0.6) is 5.88 Å². The number of nitrogens with two attached hydrogens (primary N) is 1. The molecule has 0 aliphatic heterocycles. The second-order valence-electron chi connectivity index (χ2n) is 5.89. The summed E-state index contributed by atoms with van der Waals surface area (Å²) < 4.78 is 12.4. The second-order valence-corrected chi connectivity index (χ2v) is 5.89. The number of rotatable bonds is 5. The van der Waals surface area contributed by atoms with E-state index in [0.717, 1.165) is 0 Å². The van der Waals surface area contributed by atoms with Crippen LogP contribution < -0.4 is 10.5 Å². The molecule has 1 unspecified atom stereocenters. The molecule has 2 rings (SSSR count). The van der Waals surface area contributed by atoms with E-state index in [2.05, 4.69) is 10.1 Å². The first-order chi connectivity index (χ1) is 10.4. The number of pyridine rings is 1. The Balaban J connectivity index is 2.16. The fraction of sp³-hybridized carbons (Fsp3) is 0.400. The summed E-state index contributed by atoms with van der Waals surface area (Å²) in [6.45, 7) is 6.02. The van der Waals surface area contributed by atoms with Gasteiger partial charge in [-0.3, -0.25) is 0 Å². The molecule has 2 aromatic heterocycles. The van der Waals surface area contributed by atoms with Crippen molar-refractivity contribution in [3.63, 3.8) is 0 Å². The minimum atomic E-state index is -0.823. The van der Waals surface area contributed by atoms with Crippen molar-refractivity contribution in [1.82, 2.24) is 14.8 Å². The van der Waals surface area contributed by atoms with Gasteiger partial charge in [0.15, 0.2) is 5.82 Å². The molecule has 0 aliphatic rings. The predicted molar refractivity (Wildman–Crippen MR) is 80.8 cm³/mol. The third-order valence-corrected chi connectivity index (χ3v) is 3.05. The van der Waals surface area contributed by atoms with Crippen LogP contribution in [0.1, 0.15) is 20.8 Å². The molecule has 0 radical (unpaired) electrons. The Morgan fingerprint density at radius 2 is 2.14 bits per heavy atom. The van der Waals surface area contributed by atoms with Crippen LogP contribution in [0.4, 0.5) is 4.79 Å². The smallest absolute Gasteiger partial charge is 0.404 e. The summed E-state index contributed by atoms with van der Waals surface area (Å²) in [5, 5.41) is 4.13. The van der Waals surface area contributed by atoms with Gasteiger partial charge >= 0.3 is 6.09 Å². The van der Waals surface area contributed by atoms with E-state index in [1.807, 2.05) is 39.0 Å². The van der Waals surface area contributed by atoms with Gasteiger partial charge in [0, 0.05) is 23.9 Å². The zero-order valence-corrected chi connectivity index (χ0v) is 12.9. The predicted octanol–water partition coefficient (Wildman–Crippen LogP) is 2.16. The van der Waals surface area contributed by atoms with Crippen LogP contribution in [0.15, 0.2) is 36.7 Å². The minimum Gasteiger partial charge on any atom is -0.470 e. The van der Waals surface area contributed by atoms with E-state index < -0.39 is 6.09 Å². The Hall–Kier alpha value is -2.57. The van der Waals surface area contributed by atoms with Crippen molar-refractivity contribution < 1.29 is 14.3 Å². The normalized spacial score (nSPS) is 12.7. The number of carbonyl (C=O) groups is 1. The summed E-state index contributed by atoms with van der Waals surface area (Å²) in [5.41, 5.74) is 4.77. The highest BCUT2D eigenvalue weighted by Gasteiger charge is 2.28. The summed E-state index contributed by atoms with van der Waals surface area (Å²) in [7, 11) is 0. The van der Waals surface area contributed by atoms with E-state index in [4.69, 9.17) is 15.2 Å². The summed E-state index contributed by atoms with van der Waals surface area (Å²) in [6.07, 6.45) is 2.27. The van der Waals surface area contributed by atoms with Crippen molar-refractivity contribution in [2.24, 2.45) is 11.1 Å². The van der Waals surface area contributed by atoms with Gasteiger partial charge in [-0.1, -0.05) is 26.8 Å². The number of amides is 1. The van der Waals surface area contributed by atoms with Crippen molar-refractivity contribution >= 4 is 6.09 Å². The van der Waals surface area contributed by atoms with Crippen molar-refractivity contribution in [2.45, 2.75) is 26.9 Å². The number of hydrogen-bond acceptors (Lipinski definition) is 5. The summed E-state index contributed by atoms with van der Waals surface area (Å²) in [4.78, 5) is 15.2. The van der Waals surface area contributed by atoms with Crippen LogP contribution >= 0.6 is 0 Å². The van der Waals surface area contributed by atoms with E-state index in [-0.39, 0.29) is 18.1 Å². The average molecular weight is 304 g/mol. The van der Waals surface area contributed by atoms with Gasteiger partial charge in [-0.05, 0) is 12.1 Å². The lowest BCUT2D eigenvalue weighted by molar-refractivity contribution is 0.0211. The molecule has 0 saturated heterocycles. The molecule has 2 heterocycles. The molecular formula is C15H20N4O3. The third-order valence-electron chi connectivity index (χ3n) is 3.05. The van der Waals surface area contributed by atoms with Crippen LogP contribution in [0.2, 0.25) is 0 Å². The van der Waals surface area contributed by atoms with Gasteiger partial charge in [0.1, 0.15) is 12.7 Å². The van der Waals surface area contributed by atoms with Crippen LogP contribution in [-0.4, -0.2) is 33.6 Å². The monoisotopic (exact) mass is 304 g/mol. The maximum Gasteiger partial charge on any atom is 0.404 e. The Labute approximate surface area is 129 Å². The summed E-state index contributed by atoms with van der Waals surface area (Å²) in [6, 6.07) is 7.21. The highest BCUT2D eigenvalue weighted by molar-refractivity contribution is 5.64. The molecule has 1 atom stereocenters. The minimum absolute atomic E-state index is 0.0620. The van der Waals surface area contributed by atoms with Gasteiger partial charge in [0.05, 0.1) is 0 Å². The van der Waals surface area contributed by atoms with Crippen LogP contribution in [0.3, 0.4) is 0 Å². The van der Waals surface area contributed by atoms with Crippen LogP contribution in [0, 0.1) is 5.41 Å². The number of hydrogen-bond donors (Lipinski definition) is 1. The van der Waals surface area contributed by atoms with Gasteiger partial charge in [0.2, 0.25) is 5.88 Å². The average Bonchev–Trinajstić information content (AvgIpc) is 2.96. The van der Waals surface area contributed by atoms with Crippen molar-refractivity contribution in [2.75, 3.05) is 6.61 Å². The van der Waals surface area contributed by atoms with Crippen molar-refractivity contribution in [3.8, 4) is 11.7 Å². The van der Waals surface area contributed by atoms with E-state index >= 15 is 0 Å².